The molecular formula is C18H19N3O2. The molecule has 1 amide bonds. The van der Waals surface area contributed by atoms with Crippen molar-refractivity contribution in [3.05, 3.63) is 66.6 Å². The lowest BCUT2D eigenvalue weighted by Gasteiger charge is -2.14. The molecule has 0 spiro atoms. The fraction of sp³-hybridized carbons (Fsp3) is 0.222. The molecule has 0 saturated heterocycles. The summed E-state index contributed by atoms with van der Waals surface area (Å²) in [5, 5.41) is 2.88. The molecule has 2 heterocycles. The van der Waals surface area contributed by atoms with Crippen molar-refractivity contribution in [3.8, 4) is 5.75 Å². The number of aromatic nitrogens is 2. The molecule has 0 aliphatic carbocycles. The first-order valence-corrected chi connectivity index (χ1v) is 7.64. The number of rotatable bonds is 6. The second kappa shape index (κ2) is 6.96. The number of hydrogen-bond acceptors (Lipinski definition) is 3. The highest BCUT2D eigenvalue weighted by Gasteiger charge is 2.14. The van der Waals surface area contributed by atoms with Crippen molar-refractivity contribution < 1.29 is 9.53 Å². The van der Waals surface area contributed by atoms with Crippen LogP contribution in [-0.2, 0) is 11.2 Å². The van der Waals surface area contributed by atoms with Gasteiger partial charge in [-0.2, -0.15) is 0 Å². The minimum Gasteiger partial charge on any atom is -0.481 e. The first-order valence-electron chi connectivity index (χ1n) is 7.64. The summed E-state index contributed by atoms with van der Waals surface area (Å²) in [5.74, 6) is 0.563. The first-order chi connectivity index (χ1) is 11.2. The van der Waals surface area contributed by atoms with Crippen LogP contribution < -0.4 is 10.1 Å². The number of carbonyl (C=O) groups is 1. The third kappa shape index (κ3) is 3.88. The van der Waals surface area contributed by atoms with Crippen LogP contribution in [0.1, 0.15) is 12.6 Å². The predicted molar refractivity (Wildman–Crippen MR) is 88.4 cm³/mol. The minimum absolute atomic E-state index is 0.127. The van der Waals surface area contributed by atoms with E-state index >= 15 is 0 Å². The van der Waals surface area contributed by atoms with E-state index in [0.717, 1.165) is 11.3 Å². The van der Waals surface area contributed by atoms with E-state index < -0.39 is 6.10 Å². The number of amides is 1. The van der Waals surface area contributed by atoms with Crippen molar-refractivity contribution in [2.24, 2.45) is 0 Å². The van der Waals surface area contributed by atoms with E-state index in [-0.39, 0.29) is 5.91 Å². The summed E-state index contributed by atoms with van der Waals surface area (Å²) in [5.41, 5.74) is 1.86. The summed E-state index contributed by atoms with van der Waals surface area (Å²) in [6, 6.07) is 15.2. The molecule has 5 nitrogen and oxygen atoms in total. The summed E-state index contributed by atoms with van der Waals surface area (Å²) in [7, 11) is 0. The lowest BCUT2D eigenvalue weighted by molar-refractivity contribution is -0.127. The third-order valence-corrected chi connectivity index (χ3v) is 3.52. The molecular weight excluding hydrogens is 290 g/mol. The highest BCUT2D eigenvalue weighted by Crippen LogP contribution is 2.10. The van der Waals surface area contributed by atoms with Crippen LogP contribution in [0.5, 0.6) is 5.75 Å². The minimum atomic E-state index is -0.529. The molecule has 3 aromatic rings. The molecule has 1 aromatic carbocycles. The lowest BCUT2D eigenvalue weighted by Crippen LogP contribution is -2.37. The van der Waals surface area contributed by atoms with E-state index in [9.17, 15) is 4.79 Å². The maximum absolute atomic E-state index is 12.0. The van der Waals surface area contributed by atoms with Crippen LogP contribution in [0, 0.1) is 0 Å². The number of nitrogens with zero attached hydrogens (tertiary/aromatic N) is 2. The molecule has 23 heavy (non-hydrogen) atoms. The van der Waals surface area contributed by atoms with Gasteiger partial charge >= 0.3 is 0 Å². The van der Waals surface area contributed by atoms with Crippen LogP contribution in [-0.4, -0.2) is 27.9 Å². The van der Waals surface area contributed by atoms with E-state index in [4.69, 9.17) is 4.74 Å². The van der Waals surface area contributed by atoms with Crippen molar-refractivity contribution in [2.75, 3.05) is 6.54 Å². The monoisotopic (exact) mass is 309 g/mol. The number of para-hydroxylation sites is 1. The van der Waals surface area contributed by atoms with Crippen molar-refractivity contribution in [2.45, 2.75) is 19.4 Å². The quantitative estimate of drug-likeness (QED) is 0.761. The van der Waals surface area contributed by atoms with E-state index in [1.807, 2.05) is 65.3 Å². The summed E-state index contributed by atoms with van der Waals surface area (Å²) < 4.78 is 7.57. The van der Waals surface area contributed by atoms with Crippen LogP contribution in [0.2, 0.25) is 0 Å². The van der Waals surface area contributed by atoms with Crippen LogP contribution in [0.4, 0.5) is 0 Å². The Morgan fingerprint density at radius 2 is 2.00 bits per heavy atom. The highest BCUT2D eigenvalue weighted by atomic mass is 16.5. The molecule has 1 atom stereocenters. The molecule has 3 rings (SSSR count). The van der Waals surface area contributed by atoms with E-state index in [1.165, 1.54) is 0 Å². The number of carbonyl (C=O) groups excluding carboxylic acids is 1. The molecule has 0 unspecified atom stereocenters. The van der Waals surface area contributed by atoms with Gasteiger partial charge in [0, 0.05) is 25.4 Å². The van der Waals surface area contributed by atoms with Gasteiger partial charge in [-0.1, -0.05) is 24.3 Å². The van der Waals surface area contributed by atoms with Crippen molar-refractivity contribution in [1.82, 2.24) is 14.7 Å². The highest BCUT2D eigenvalue weighted by molar-refractivity contribution is 5.80. The first kappa shape index (κ1) is 15.1. The molecule has 0 radical (unpaired) electrons. The van der Waals surface area contributed by atoms with E-state index in [2.05, 4.69) is 10.3 Å². The van der Waals surface area contributed by atoms with Crippen LogP contribution in [0.3, 0.4) is 0 Å². The van der Waals surface area contributed by atoms with Gasteiger partial charge in [-0.3, -0.25) is 4.79 Å². The summed E-state index contributed by atoms with van der Waals surface area (Å²) in [6.07, 6.45) is 4.09. The molecule has 0 bridgehead atoms. The van der Waals surface area contributed by atoms with Gasteiger partial charge in [-0.15, -0.1) is 0 Å². The molecule has 0 aliphatic rings. The number of pyridine rings is 1. The van der Waals surface area contributed by atoms with Gasteiger partial charge in [0.1, 0.15) is 11.4 Å². The van der Waals surface area contributed by atoms with E-state index in [1.54, 1.807) is 6.92 Å². The Morgan fingerprint density at radius 3 is 2.78 bits per heavy atom. The van der Waals surface area contributed by atoms with Crippen LogP contribution in [0.15, 0.2) is 60.9 Å². The molecule has 1 N–H and O–H groups in total. The van der Waals surface area contributed by atoms with Crippen molar-refractivity contribution in [3.63, 3.8) is 0 Å². The number of imidazole rings is 1. The lowest BCUT2D eigenvalue weighted by atomic mass is 10.3. The Hall–Kier alpha value is -2.82. The number of benzene rings is 1. The van der Waals surface area contributed by atoms with Crippen molar-refractivity contribution in [1.29, 1.82) is 0 Å². The average Bonchev–Trinajstić information content (AvgIpc) is 2.98. The van der Waals surface area contributed by atoms with Crippen molar-refractivity contribution >= 4 is 11.6 Å². The molecule has 118 valence electrons. The fourth-order valence-electron chi connectivity index (χ4n) is 2.32. The largest absolute Gasteiger partial charge is 0.481 e. The van der Waals surface area contributed by atoms with Gasteiger partial charge < -0.3 is 14.5 Å². The average molecular weight is 309 g/mol. The Labute approximate surface area is 134 Å². The zero-order valence-electron chi connectivity index (χ0n) is 13.0. The number of fused-ring (bicyclic) bond motifs is 1. The predicted octanol–water partition coefficient (Wildman–Crippen LogP) is 2.46. The SMILES string of the molecule is C[C@@H](Oc1ccccc1)C(=O)NCCc1cn2ccccc2n1. The third-order valence-electron chi connectivity index (χ3n) is 3.52. The van der Waals surface area contributed by atoms with Gasteiger partial charge in [-0.05, 0) is 31.2 Å². The Kier molecular flexibility index (Phi) is 4.57. The van der Waals surface area contributed by atoms with Gasteiger partial charge in [0.05, 0.1) is 5.69 Å². The van der Waals surface area contributed by atoms with Crippen LogP contribution in [0.25, 0.3) is 5.65 Å². The number of ether oxygens (including phenoxy) is 1. The fourth-order valence-corrected chi connectivity index (χ4v) is 2.32. The second-order valence-electron chi connectivity index (χ2n) is 5.31. The molecule has 0 aliphatic heterocycles. The van der Waals surface area contributed by atoms with Gasteiger partial charge in [0.2, 0.25) is 0 Å². The van der Waals surface area contributed by atoms with Gasteiger partial charge in [0.25, 0.3) is 5.91 Å². The molecule has 2 aromatic heterocycles. The van der Waals surface area contributed by atoms with Gasteiger partial charge in [0.15, 0.2) is 6.10 Å². The normalized spacial score (nSPS) is 12.0. The summed E-state index contributed by atoms with van der Waals surface area (Å²) in [6.45, 7) is 2.28. The number of hydrogen-bond donors (Lipinski definition) is 1. The van der Waals surface area contributed by atoms with Crippen LogP contribution >= 0.6 is 0 Å². The smallest absolute Gasteiger partial charge is 0.260 e. The Morgan fingerprint density at radius 1 is 1.22 bits per heavy atom. The number of nitrogens with one attached hydrogen (secondary N) is 1. The summed E-state index contributed by atoms with van der Waals surface area (Å²) in [4.78, 5) is 16.6. The zero-order chi connectivity index (χ0) is 16.1. The standard InChI is InChI=1S/C18H19N3O2/c1-14(23-16-7-3-2-4-8-16)18(22)19-11-10-15-13-21-12-6-5-9-17(21)20-15/h2-9,12-14H,10-11H2,1H3,(H,19,22)/t14-/m1/s1. The topological polar surface area (TPSA) is 55.6 Å². The molecule has 0 saturated carbocycles. The Balaban J connectivity index is 1.48. The zero-order valence-corrected chi connectivity index (χ0v) is 13.0. The second-order valence-corrected chi connectivity index (χ2v) is 5.31. The maximum Gasteiger partial charge on any atom is 0.260 e. The Bertz CT molecular complexity index is 750. The van der Waals surface area contributed by atoms with E-state index in [0.29, 0.717) is 18.7 Å². The molecule has 0 fully saturated rings. The maximum atomic E-state index is 12.0. The summed E-state index contributed by atoms with van der Waals surface area (Å²) >= 11 is 0. The van der Waals surface area contributed by atoms with Gasteiger partial charge in [-0.25, -0.2) is 4.98 Å². The molecule has 5 heteroatoms.